The molecule has 0 saturated heterocycles. The predicted octanol–water partition coefficient (Wildman–Crippen LogP) is 4.71. The Morgan fingerprint density at radius 2 is 2.20 bits per heavy atom. The third-order valence-corrected chi connectivity index (χ3v) is 4.24. The number of amides is 1. The van der Waals surface area contributed by atoms with Gasteiger partial charge in [-0.1, -0.05) is 23.7 Å². The van der Waals surface area contributed by atoms with Crippen LogP contribution in [-0.2, 0) is 4.79 Å². The zero-order valence-corrected chi connectivity index (χ0v) is 13.2. The van der Waals surface area contributed by atoms with E-state index in [2.05, 4.69) is 21.2 Å². The number of anilines is 1. The lowest BCUT2D eigenvalue weighted by molar-refractivity contribution is -0.112. The number of benzene rings is 1. The Morgan fingerprint density at radius 3 is 2.80 bits per heavy atom. The van der Waals surface area contributed by atoms with Crippen LogP contribution in [0.5, 0.6) is 0 Å². The van der Waals surface area contributed by atoms with Gasteiger partial charge in [0.15, 0.2) is 0 Å². The van der Waals surface area contributed by atoms with Crippen LogP contribution in [0.15, 0.2) is 45.1 Å². The molecule has 0 aliphatic heterocycles. The summed E-state index contributed by atoms with van der Waals surface area (Å²) in [6.45, 7) is 0. The highest BCUT2D eigenvalue weighted by atomic mass is 79.9. The van der Waals surface area contributed by atoms with Crippen LogP contribution >= 0.6 is 38.9 Å². The predicted molar refractivity (Wildman–Crippen MR) is 85.7 cm³/mol. The highest BCUT2D eigenvalue weighted by Gasteiger charge is 2.11. The normalized spacial score (nSPS) is 10.9. The molecule has 3 nitrogen and oxygen atoms in total. The number of para-hydroxylation sites is 1. The minimum absolute atomic E-state index is 0.0234. The van der Waals surface area contributed by atoms with Crippen molar-refractivity contribution >= 4 is 56.5 Å². The lowest BCUT2D eigenvalue weighted by Crippen LogP contribution is -2.13. The first-order valence-electron chi connectivity index (χ1n) is 5.52. The molecule has 2 aromatic rings. The van der Waals surface area contributed by atoms with Gasteiger partial charge in [-0.3, -0.25) is 4.79 Å². The minimum Gasteiger partial charge on any atom is -0.320 e. The molecule has 1 N–H and O–H groups in total. The van der Waals surface area contributed by atoms with E-state index in [1.54, 1.807) is 24.3 Å². The SMILES string of the molecule is N#C/C(=C\c1csc(Br)c1)C(=O)Nc1ccccc1Cl. The summed E-state index contributed by atoms with van der Waals surface area (Å²) >= 11 is 10.8. The van der Waals surface area contributed by atoms with E-state index in [4.69, 9.17) is 16.9 Å². The smallest absolute Gasteiger partial charge is 0.266 e. The van der Waals surface area contributed by atoms with Crippen molar-refractivity contribution in [3.05, 3.63) is 55.7 Å². The zero-order valence-electron chi connectivity index (χ0n) is 10.1. The van der Waals surface area contributed by atoms with Crippen LogP contribution in [0, 0.1) is 11.3 Å². The fourth-order valence-electron chi connectivity index (χ4n) is 1.47. The fraction of sp³-hybridized carbons (Fsp3) is 0. The van der Waals surface area contributed by atoms with Gasteiger partial charge in [0, 0.05) is 0 Å². The maximum Gasteiger partial charge on any atom is 0.266 e. The molecule has 20 heavy (non-hydrogen) atoms. The van der Waals surface area contributed by atoms with Gasteiger partial charge in [-0.25, -0.2) is 0 Å². The topological polar surface area (TPSA) is 52.9 Å². The molecule has 1 aromatic heterocycles. The average molecular weight is 368 g/mol. The number of rotatable bonds is 3. The van der Waals surface area contributed by atoms with Crippen molar-refractivity contribution in [3.63, 3.8) is 0 Å². The van der Waals surface area contributed by atoms with Crippen molar-refractivity contribution in [1.29, 1.82) is 5.26 Å². The van der Waals surface area contributed by atoms with Gasteiger partial charge in [0.05, 0.1) is 14.5 Å². The van der Waals surface area contributed by atoms with Crippen molar-refractivity contribution in [3.8, 4) is 6.07 Å². The molecule has 6 heteroatoms. The van der Waals surface area contributed by atoms with E-state index in [1.807, 2.05) is 17.5 Å². The van der Waals surface area contributed by atoms with Crippen LogP contribution in [-0.4, -0.2) is 5.91 Å². The summed E-state index contributed by atoms with van der Waals surface area (Å²) in [6.07, 6.45) is 1.54. The molecule has 0 saturated carbocycles. The zero-order chi connectivity index (χ0) is 14.5. The van der Waals surface area contributed by atoms with Gasteiger partial charge in [0.2, 0.25) is 0 Å². The van der Waals surface area contributed by atoms with Gasteiger partial charge >= 0.3 is 0 Å². The second-order valence-corrected chi connectivity index (χ2v) is 6.49. The molecule has 2 rings (SSSR count). The third kappa shape index (κ3) is 3.70. The summed E-state index contributed by atoms with van der Waals surface area (Å²) in [5, 5.41) is 14.0. The Morgan fingerprint density at radius 1 is 1.45 bits per heavy atom. The Bertz CT molecular complexity index is 718. The lowest BCUT2D eigenvalue weighted by Gasteiger charge is -2.05. The largest absolute Gasteiger partial charge is 0.320 e. The molecule has 0 fully saturated rings. The Labute approximate surface area is 133 Å². The maximum absolute atomic E-state index is 12.0. The third-order valence-electron chi connectivity index (χ3n) is 2.39. The maximum atomic E-state index is 12.0. The number of halogens is 2. The second-order valence-electron chi connectivity index (χ2n) is 3.79. The quantitative estimate of drug-likeness (QED) is 0.631. The molecule has 1 amide bonds. The Hall–Kier alpha value is -1.61. The van der Waals surface area contributed by atoms with E-state index in [0.717, 1.165) is 9.35 Å². The monoisotopic (exact) mass is 366 g/mol. The van der Waals surface area contributed by atoms with Crippen molar-refractivity contribution in [1.82, 2.24) is 0 Å². The fourth-order valence-corrected chi connectivity index (χ4v) is 2.78. The number of hydrogen-bond donors (Lipinski definition) is 1. The van der Waals surface area contributed by atoms with Gasteiger partial charge in [0.1, 0.15) is 11.6 Å². The molecule has 1 heterocycles. The van der Waals surface area contributed by atoms with E-state index in [0.29, 0.717) is 10.7 Å². The lowest BCUT2D eigenvalue weighted by atomic mass is 10.2. The van der Waals surface area contributed by atoms with Crippen LogP contribution in [0.25, 0.3) is 6.08 Å². The number of thiophene rings is 1. The van der Waals surface area contributed by atoms with E-state index in [9.17, 15) is 4.79 Å². The number of nitriles is 1. The molecule has 0 aliphatic carbocycles. The summed E-state index contributed by atoms with van der Waals surface area (Å²) in [4.78, 5) is 12.0. The van der Waals surface area contributed by atoms with E-state index >= 15 is 0 Å². The van der Waals surface area contributed by atoms with Crippen molar-refractivity contribution in [2.24, 2.45) is 0 Å². The summed E-state index contributed by atoms with van der Waals surface area (Å²) in [5.41, 5.74) is 1.30. The van der Waals surface area contributed by atoms with E-state index in [1.165, 1.54) is 17.4 Å². The van der Waals surface area contributed by atoms with Gasteiger partial charge in [-0.15, -0.1) is 11.3 Å². The highest BCUT2D eigenvalue weighted by Crippen LogP contribution is 2.24. The van der Waals surface area contributed by atoms with Crippen molar-refractivity contribution in [2.45, 2.75) is 0 Å². The van der Waals surface area contributed by atoms with Crippen molar-refractivity contribution < 1.29 is 4.79 Å². The van der Waals surface area contributed by atoms with Crippen LogP contribution in [0.3, 0.4) is 0 Å². The van der Waals surface area contributed by atoms with Gasteiger partial charge in [-0.2, -0.15) is 5.26 Å². The van der Waals surface area contributed by atoms with Crippen molar-refractivity contribution in [2.75, 3.05) is 5.32 Å². The number of carbonyl (C=O) groups excluding carboxylic acids is 1. The molecule has 0 unspecified atom stereocenters. The average Bonchev–Trinajstić information content (AvgIpc) is 2.84. The van der Waals surface area contributed by atoms with Crippen LogP contribution in [0.1, 0.15) is 5.56 Å². The second kappa shape index (κ2) is 6.71. The van der Waals surface area contributed by atoms with Crippen LogP contribution in [0.2, 0.25) is 5.02 Å². The molecule has 0 atom stereocenters. The number of carbonyl (C=O) groups is 1. The molecule has 0 radical (unpaired) electrons. The standard InChI is InChI=1S/C14H8BrClN2OS/c15-13-6-9(8-20-13)5-10(7-17)14(19)18-12-4-2-1-3-11(12)16/h1-6,8H,(H,18,19)/b10-5+. The summed E-state index contributed by atoms with van der Waals surface area (Å²) < 4.78 is 0.938. The van der Waals surface area contributed by atoms with Gasteiger partial charge in [-0.05, 0) is 51.1 Å². The highest BCUT2D eigenvalue weighted by molar-refractivity contribution is 9.11. The summed E-state index contributed by atoms with van der Waals surface area (Å²) in [6, 6.07) is 10.6. The first-order valence-corrected chi connectivity index (χ1v) is 7.57. The van der Waals surface area contributed by atoms with Crippen LogP contribution in [0.4, 0.5) is 5.69 Å². The van der Waals surface area contributed by atoms with Gasteiger partial charge < -0.3 is 5.32 Å². The first-order chi connectivity index (χ1) is 9.60. The van der Waals surface area contributed by atoms with E-state index < -0.39 is 5.91 Å². The minimum atomic E-state index is -0.483. The summed E-state index contributed by atoms with van der Waals surface area (Å²) in [7, 11) is 0. The molecule has 0 spiro atoms. The number of nitrogens with zero attached hydrogens (tertiary/aromatic N) is 1. The molecule has 0 bridgehead atoms. The van der Waals surface area contributed by atoms with E-state index in [-0.39, 0.29) is 5.57 Å². The molecule has 0 aliphatic rings. The summed E-state index contributed by atoms with van der Waals surface area (Å²) in [5.74, 6) is -0.483. The molecular formula is C14H8BrClN2OS. The molecular weight excluding hydrogens is 360 g/mol. The molecule has 100 valence electrons. The Balaban J connectivity index is 2.21. The van der Waals surface area contributed by atoms with Gasteiger partial charge in [0.25, 0.3) is 5.91 Å². The number of hydrogen-bond acceptors (Lipinski definition) is 3. The molecule has 1 aromatic carbocycles. The first kappa shape index (κ1) is 14.8. The number of nitrogens with one attached hydrogen (secondary N) is 1. The Kier molecular flexibility index (Phi) is 4.96. The van der Waals surface area contributed by atoms with Crippen LogP contribution < -0.4 is 5.32 Å².